The molecular weight excluding hydrogens is 340 g/mol. The number of halogens is 1. The van der Waals surface area contributed by atoms with E-state index in [1.54, 1.807) is 23.5 Å². The Kier molecular flexibility index (Phi) is 5.61. The molecule has 1 aromatic heterocycles. The van der Waals surface area contributed by atoms with Gasteiger partial charge in [0.1, 0.15) is 6.29 Å². The number of carbonyl (C=O) groups is 1. The summed E-state index contributed by atoms with van der Waals surface area (Å²) in [5, 5.41) is 4.16. The van der Waals surface area contributed by atoms with Crippen molar-refractivity contribution in [1.82, 2.24) is 0 Å². The SMILES string of the molecule is CCOc1cc(C=O)cc(Br)c1OCCc1ccsc1. The molecule has 0 aliphatic carbocycles. The van der Waals surface area contributed by atoms with Crippen molar-refractivity contribution in [1.29, 1.82) is 0 Å². The zero-order chi connectivity index (χ0) is 14.4. The number of ether oxygens (including phenoxy) is 2. The molecule has 0 aliphatic heterocycles. The molecule has 0 spiro atoms. The van der Waals surface area contributed by atoms with Crippen molar-refractivity contribution in [2.75, 3.05) is 13.2 Å². The number of hydrogen-bond acceptors (Lipinski definition) is 4. The van der Waals surface area contributed by atoms with E-state index in [1.165, 1.54) is 5.56 Å². The summed E-state index contributed by atoms with van der Waals surface area (Å²) < 4.78 is 12.1. The van der Waals surface area contributed by atoms with Crippen LogP contribution in [0.1, 0.15) is 22.8 Å². The molecule has 0 saturated carbocycles. The maximum absolute atomic E-state index is 10.9. The summed E-state index contributed by atoms with van der Waals surface area (Å²) in [4.78, 5) is 10.9. The summed E-state index contributed by atoms with van der Waals surface area (Å²) in [6, 6.07) is 5.51. The molecule has 1 heterocycles. The Morgan fingerprint density at radius 3 is 2.85 bits per heavy atom. The van der Waals surface area contributed by atoms with Gasteiger partial charge in [-0.3, -0.25) is 4.79 Å². The lowest BCUT2D eigenvalue weighted by Gasteiger charge is -2.14. The third-order valence-electron chi connectivity index (χ3n) is 2.69. The Balaban J connectivity index is 2.10. The summed E-state index contributed by atoms with van der Waals surface area (Å²) in [5.41, 5.74) is 1.82. The normalized spacial score (nSPS) is 10.3. The highest BCUT2D eigenvalue weighted by Gasteiger charge is 2.12. The molecule has 0 radical (unpaired) electrons. The number of hydrogen-bond donors (Lipinski definition) is 0. The van der Waals surface area contributed by atoms with Crippen molar-refractivity contribution in [2.45, 2.75) is 13.3 Å². The van der Waals surface area contributed by atoms with Crippen LogP contribution < -0.4 is 9.47 Å². The van der Waals surface area contributed by atoms with Crippen LogP contribution in [0.2, 0.25) is 0 Å². The van der Waals surface area contributed by atoms with Gasteiger partial charge in [0, 0.05) is 12.0 Å². The zero-order valence-electron chi connectivity index (χ0n) is 11.1. The topological polar surface area (TPSA) is 35.5 Å². The van der Waals surface area contributed by atoms with E-state index < -0.39 is 0 Å². The van der Waals surface area contributed by atoms with Gasteiger partial charge < -0.3 is 9.47 Å². The summed E-state index contributed by atoms with van der Waals surface area (Å²) in [5.74, 6) is 1.24. The van der Waals surface area contributed by atoms with Gasteiger partial charge in [-0.15, -0.1) is 0 Å². The molecule has 0 saturated heterocycles. The maximum Gasteiger partial charge on any atom is 0.175 e. The second kappa shape index (κ2) is 7.45. The Morgan fingerprint density at radius 2 is 2.20 bits per heavy atom. The molecule has 0 aliphatic rings. The van der Waals surface area contributed by atoms with Crippen LogP contribution in [0.4, 0.5) is 0 Å². The van der Waals surface area contributed by atoms with Gasteiger partial charge in [-0.1, -0.05) is 0 Å². The molecule has 2 rings (SSSR count). The molecule has 2 aromatic rings. The predicted octanol–water partition coefficient (Wildman–Crippen LogP) is 4.34. The van der Waals surface area contributed by atoms with E-state index >= 15 is 0 Å². The minimum Gasteiger partial charge on any atom is -0.490 e. The molecule has 1 aromatic carbocycles. The van der Waals surface area contributed by atoms with Gasteiger partial charge in [0.2, 0.25) is 0 Å². The quantitative estimate of drug-likeness (QED) is 0.693. The van der Waals surface area contributed by atoms with Crippen molar-refractivity contribution in [3.05, 3.63) is 44.6 Å². The standard InChI is InChI=1S/C15H15BrO3S/c1-2-18-14-8-12(9-17)7-13(16)15(14)19-5-3-11-4-6-20-10-11/h4,6-10H,2-3,5H2,1H3. The van der Waals surface area contributed by atoms with Gasteiger partial charge in [0.05, 0.1) is 17.7 Å². The Bertz CT molecular complexity index is 567. The fourth-order valence-corrected chi connectivity index (χ4v) is 3.04. The first-order chi connectivity index (χ1) is 9.74. The lowest BCUT2D eigenvalue weighted by Crippen LogP contribution is -2.04. The van der Waals surface area contributed by atoms with Crippen molar-refractivity contribution < 1.29 is 14.3 Å². The first-order valence-corrected chi connectivity index (χ1v) is 8.03. The average Bonchev–Trinajstić information content (AvgIpc) is 2.95. The van der Waals surface area contributed by atoms with E-state index in [-0.39, 0.29) is 0 Å². The first-order valence-electron chi connectivity index (χ1n) is 6.30. The van der Waals surface area contributed by atoms with E-state index in [9.17, 15) is 4.79 Å². The van der Waals surface area contributed by atoms with Crippen LogP contribution in [0.5, 0.6) is 11.5 Å². The van der Waals surface area contributed by atoms with E-state index in [1.807, 2.05) is 6.92 Å². The lowest BCUT2D eigenvalue weighted by atomic mass is 10.2. The smallest absolute Gasteiger partial charge is 0.175 e. The minimum atomic E-state index is 0.523. The van der Waals surface area contributed by atoms with Gasteiger partial charge in [-0.05, 0) is 57.4 Å². The number of carbonyl (C=O) groups excluding carboxylic acids is 1. The van der Waals surface area contributed by atoms with Crippen LogP contribution in [-0.2, 0) is 6.42 Å². The van der Waals surface area contributed by atoms with Crippen LogP contribution in [0.25, 0.3) is 0 Å². The fraction of sp³-hybridized carbons (Fsp3) is 0.267. The van der Waals surface area contributed by atoms with Crippen molar-refractivity contribution in [3.63, 3.8) is 0 Å². The van der Waals surface area contributed by atoms with Gasteiger partial charge in [0.15, 0.2) is 11.5 Å². The largest absolute Gasteiger partial charge is 0.490 e. The summed E-state index contributed by atoms with van der Waals surface area (Å²) in [6.45, 7) is 2.99. The third-order valence-corrected chi connectivity index (χ3v) is 4.01. The fourth-order valence-electron chi connectivity index (χ4n) is 1.76. The lowest BCUT2D eigenvalue weighted by molar-refractivity contribution is 0.112. The van der Waals surface area contributed by atoms with Crippen LogP contribution in [0, 0.1) is 0 Å². The molecule has 0 bridgehead atoms. The van der Waals surface area contributed by atoms with E-state index in [2.05, 4.69) is 32.8 Å². The number of rotatable bonds is 7. The average molecular weight is 355 g/mol. The summed E-state index contributed by atoms with van der Waals surface area (Å²) in [7, 11) is 0. The Labute approximate surface area is 130 Å². The van der Waals surface area contributed by atoms with Gasteiger partial charge in [0.25, 0.3) is 0 Å². The molecule has 0 fully saturated rings. The van der Waals surface area contributed by atoms with Gasteiger partial charge in [-0.25, -0.2) is 0 Å². The molecule has 0 unspecified atom stereocenters. The molecule has 0 amide bonds. The first kappa shape index (κ1) is 15.1. The van der Waals surface area contributed by atoms with Crippen molar-refractivity contribution in [3.8, 4) is 11.5 Å². The summed E-state index contributed by atoms with van der Waals surface area (Å²) in [6.07, 6.45) is 1.64. The number of thiophene rings is 1. The Hall–Kier alpha value is -1.33. The van der Waals surface area contributed by atoms with Crippen molar-refractivity contribution >= 4 is 33.6 Å². The summed E-state index contributed by atoms with van der Waals surface area (Å²) >= 11 is 5.10. The van der Waals surface area contributed by atoms with Crippen LogP contribution in [0.3, 0.4) is 0 Å². The molecule has 0 N–H and O–H groups in total. The van der Waals surface area contributed by atoms with E-state index in [0.29, 0.717) is 30.3 Å². The molecule has 3 nitrogen and oxygen atoms in total. The molecule has 0 atom stereocenters. The highest BCUT2D eigenvalue weighted by molar-refractivity contribution is 9.10. The van der Waals surface area contributed by atoms with Crippen LogP contribution in [-0.4, -0.2) is 19.5 Å². The third kappa shape index (κ3) is 3.84. The second-order valence-corrected chi connectivity index (χ2v) is 5.75. The highest BCUT2D eigenvalue weighted by Crippen LogP contribution is 2.36. The molecule has 106 valence electrons. The predicted molar refractivity (Wildman–Crippen MR) is 84.2 cm³/mol. The van der Waals surface area contributed by atoms with Crippen LogP contribution >= 0.6 is 27.3 Å². The molecule has 5 heteroatoms. The monoisotopic (exact) mass is 354 g/mol. The van der Waals surface area contributed by atoms with E-state index in [4.69, 9.17) is 9.47 Å². The highest BCUT2D eigenvalue weighted by atomic mass is 79.9. The Morgan fingerprint density at radius 1 is 1.35 bits per heavy atom. The minimum absolute atomic E-state index is 0.523. The van der Waals surface area contributed by atoms with Crippen molar-refractivity contribution in [2.24, 2.45) is 0 Å². The zero-order valence-corrected chi connectivity index (χ0v) is 13.5. The van der Waals surface area contributed by atoms with E-state index in [0.717, 1.165) is 17.2 Å². The second-order valence-electron chi connectivity index (χ2n) is 4.11. The van der Waals surface area contributed by atoms with Gasteiger partial charge >= 0.3 is 0 Å². The maximum atomic E-state index is 10.9. The number of aldehydes is 1. The molecule has 20 heavy (non-hydrogen) atoms. The number of benzene rings is 1. The van der Waals surface area contributed by atoms with Gasteiger partial charge in [-0.2, -0.15) is 11.3 Å². The van der Waals surface area contributed by atoms with Crippen LogP contribution in [0.15, 0.2) is 33.4 Å². The molecular formula is C15H15BrO3S.